The molecule has 4 heterocycles. The van der Waals surface area contributed by atoms with Crippen LogP contribution in [-0.2, 0) is 17.7 Å². The highest BCUT2D eigenvalue weighted by atomic mass is 16.5. The Morgan fingerprint density at radius 1 is 1.31 bits per heavy atom. The number of ether oxygens (including phenoxy) is 1. The Balaban J connectivity index is 1.44. The summed E-state index contributed by atoms with van der Waals surface area (Å²) < 4.78 is 6.82. The molecule has 9 nitrogen and oxygen atoms in total. The first kappa shape index (κ1) is 20.6. The lowest BCUT2D eigenvalue weighted by atomic mass is 9.92. The van der Waals surface area contributed by atoms with E-state index in [2.05, 4.69) is 46.4 Å². The Kier molecular flexibility index (Phi) is 5.36. The number of amides is 1. The number of nitrogen functional groups attached to an aromatic ring is 1. The van der Waals surface area contributed by atoms with E-state index in [9.17, 15) is 4.79 Å². The van der Waals surface area contributed by atoms with Crippen LogP contribution in [0.5, 0.6) is 0 Å². The Hall–Kier alpha value is -3.30. The van der Waals surface area contributed by atoms with E-state index in [0.717, 1.165) is 37.2 Å². The van der Waals surface area contributed by atoms with Crippen molar-refractivity contribution in [1.82, 2.24) is 30.0 Å². The third kappa shape index (κ3) is 3.96. The van der Waals surface area contributed by atoms with Crippen molar-refractivity contribution in [3.8, 4) is 17.1 Å². The molecule has 0 radical (unpaired) electrons. The number of benzene rings is 1. The van der Waals surface area contributed by atoms with Gasteiger partial charge < -0.3 is 20.7 Å². The third-order valence-corrected chi connectivity index (χ3v) is 6.15. The van der Waals surface area contributed by atoms with Gasteiger partial charge in [0.2, 0.25) is 0 Å². The van der Waals surface area contributed by atoms with E-state index in [4.69, 9.17) is 15.5 Å². The smallest absolute Gasteiger partial charge is 0.254 e. The Labute approximate surface area is 186 Å². The fourth-order valence-corrected chi connectivity index (χ4v) is 4.38. The van der Waals surface area contributed by atoms with Crippen molar-refractivity contribution < 1.29 is 9.53 Å². The standard InChI is InChI=1S/C23H27N7O2/c1-14-7-15(8-16-11-29(2)5-3-19(14)16)20-10-25-21(24)22(28-20)30-12-17(9-26-30)23(31)27-18-4-6-32-13-18/h7-10,12,18H,3-6,11,13H2,1-2H3,(H2,24,25)(H,27,31). The molecular weight excluding hydrogens is 406 g/mol. The van der Waals surface area contributed by atoms with Gasteiger partial charge in [0.15, 0.2) is 11.6 Å². The zero-order chi connectivity index (χ0) is 22.2. The van der Waals surface area contributed by atoms with E-state index in [-0.39, 0.29) is 17.8 Å². The number of hydrogen-bond donors (Lipinski definition) is 2. The zero-order valence-electron chi connectivity index (χ0n) is 18.3. The summed E-state index contributed by atoms with van der Waals surface area (Å²) in [6.07, 6.45) is 6.70. The number of hydrogen-bond acceptors (Lipinski definition) is 7. The maximum Gasteiger partial charge on any atom is 0.254 e. The topological polar surface area (TPSA) is 111 Å². The van der Waals surface area contributed by atoms with E-state index < -0.39 is 0 Å². The van der Waals surface area contributed by atoms with Crippen LogP contribution in [0.2, 0.25) is 0 Å². The first-order chi connectivity index (χ1) is 15.5. The van der Waals surface area contributed by atoms with Crippen molar-refractivity contribution in [3.63, 3.8) is 0 Å². The van der Waals surface area contributed by atoms with Gasteiger partial charge in [-0.25, -0.2) is 14.6 Å². The minimum absolute atomic E-state index is 0.0327. The molecule has 5 rings (SSSR count). The van der Waals surface area contributed by atoms with E-state index >= 15 is 0 Å². The van der Waals surface area contributed by atoms with Crippen LogP contribution in [0.3, 0.4) is 0 Å². The van der Waals surface area contributed by atoms with Crippen molar-refractivity contribution in [2.24, 2.45) is 0 Å². The molecule has 1 atom stereocenters. The van der Waals surface area contributed by atoms with Crippen molar-refractivity contribution in [2.75, 3.05) is 32.5 Å². The van der Waals surface area contributed by atoms with Crippen LogP contribution in [-0.4, -0.2) is 63.4 Å². The second-order valence-corrected chi connectivity index (χ2v) is 8.59. The Morgan fingerprint density at radius 2 is 2.19 bits per heavy atom. The SMILES string of the molecule is Cc1cc(-c2cnc(N)c(-n3cc(C(=O)NC4CCOC4)cn3)n2)cc2c1CCN(C)C2. The largest absolute Gasteiger partial charge is 0.381 e. The van der Waals surface area contributed by atoms with E-state index in [0.29, 0.717) is 24.6 Å². The summed E-state index contributed by atoms with van der Waals surface area (Å²) >= 11 is 0. The molecule has 1 aromatic carbocycles. The number of nitrogens with two attached hydrogens (primary N) is 1. The molecule has 3 aromatic rings. The van der Waals surface area contributed by atoms with E-state index in [1.165, 1.54) is 27.6 Å². The molecule has 9 heteroatoms. The monoisotopic (exact) mass is 433 g/mol. The number of nitrogens with one attached hydrogen (secondary N) is 1. The summed E-state index contributed by atoms with van der Waals surface area (Å²) in [5.74, 6) is 0.463. The number of carbonyl (C=O) groups excluding carboxylic acids is 1. The minimum Gasteiger partial charge on any atom is -0.381 e. The van der Waals surface area contributed by atoms with Gasteiger partial charge in [-0.05, 0) is 55.6 Å². The molecule has 2 aromatic heterocycles. The van der Waals surface area contributed by atoms with Crippen molar-refractivity contribution >= 4 is 11.7 Å². The van der Waals surface area contributed by atoms with E-state index in [1.807, 2.05) is 0 Å². The van der Waals surface area contributed by atoms with Crippen molar-refractivity contribution in [2.45, 2.75) is 32.4 Å². The summed E-state index contributed by atoms with van der Waals surface area (Å²) in [7, 11) is 2.14. The molecular formula is C23H27N7O2. The average molecular weight is 434 g/mol. The molecule has 1 amide bonds. The lowest BCUT2D eigenvalue weighted by Gasteiger charge is -2.27. The van der Waals surface area contributed by atoms with Crippen LogP contribution in [0.1, 0.15) is 33.5 Å². The van der Waals surface area contributed by atoms with Crippen molar-refractivity contribution in [3.05, 3.63) is 53.0 Å². The molecule has 1 saturated heterocycles. The van der Waals surface area contributed by atoms with Crippen LogP contribution in [0.4, 0.5) is 5.82 Å². The lowest BCUT2D eigenvalue weighted by Crippen LogP contribution is -2.34. The van der Waals surface area contributed by atoms with E-state index in [1.54, 1.807) is 12.4 Å². The molecule has 0 bridgehead atoms. The molecule has 3 N–H and O–H groups in total. The molecule has 0 aliphatic carbocycles. The Bertz CT molecular complexity index is 1170. The molecule has 2 aliphatic rings. The maximum absolute atomic E-state index is 12.5. The average Bonchev–Trinajstić information content (AvgIpc) is 3.46. The van der Waals surface area contributed by atoms with Crippen LogP contribution >= 0.6 is 0 Å². The number of anilines is 1. The second-order valence-electron chi connectivity index (χ2n) is 8.59. The second kappa shape index (κ2) is 8.33. The summed E-state index contributed by atoms with van der Waals surface area (Å²) in [5.41, 5.74) is 12.3. The first-order valence-electron chi connectivity index (χ1n) is 10.9. The van der Waals surface area contributed by atoms with Crippen LogP contribution < -0.4 is 11.1 Å². The van der Waals surface area contributed by atoms with Gasteiger partial charge in [0.25, 0.3) is 5.91 Å². The highest BCUT2D eigenvalue weighted by molar-refractivity contribution is 5.94. The molecule has 0 spiro atoms. The molecule has 0 saturated carbocycles. The fourth-order valence-electron chi connectivity index (χ4n) is 4.38. The maximum atomic E-state index is 12.5. The number of aryl methyl sites for hydroxylation is 1. The quantitative estimate of drug-likeness (QED) is 0.644. The van der Waals surface area contributed by atoms with Crippen LogP contribution in [0, 0.1) is 6.92 Å². The van der Waals surface area contributed by atoms with Gasteiger partial charge in [-0.3, -0.25) is 4.79 Å². The van der Waals surface area contributed by atoms with Gasteiger partial charge >= 0.3 is 0 Å². The number of fused-ring (bicyclic) bond motifs is 1. The van der Waals surface area contributed by atoms with Crippen LogP contribution in [0.25, 0.3) is 17.1 Å². The summed E-state index contributed by atoms with van der Waals surface area (Å²) in [5, 5.41) is 7.27. The fraction of sp³-hybridized carbons (Fsp3) is 0.391. The number of likely N-dealkylation sites (N-methyl/N-ethyl adjacent to an activating group) is 1. The van der Waals surface area contributed by atoms with Crippen molar-refractivity contribution in [1.29, 1.82) is 0 Å². The molecule has 166 valence electrons. The number of aromatic nitrogens is 4. The zero-order valence-corrected chi connectivity index (χ0v) is 18.3. The Morgan fingerprint density at radius 3 is 3.00 bits per heavy atom. The predicted molar refractivity (Wildman–Crippen MR) is 120 cm³/mol. The number of carbonyl (C=O) groups is 1. The number of nitrogens with zero attached hydrogens (tertiary/aromatic N) is 5. The third-order valence-electron chi connectivity index (χ3n) is 6.15. The summed E-state index contributed by atoms with van der Waals surface area (Å²) in [6, 6.07) is 4.37. The highest BCUT2D eigenvalue weighted by Crippen LogP contribution is 2.29. The lowest BCUT2D eigenvalue weighted by molar-refractivity contribution is 0.0930. The molecule has 1 unspecified atom stereocenters. The molecule has 2 aliphatic heterocycles. The molecule has 32 heavy (non-hydrogen) atoms. The van der Waals surface area contributed by atoms with Gasteiger partial charge in [0.1, 0.15) is 0 Å². The minimum atomic E-state index is -0.191. The predicted octanol–water partition coefficient (Wildman–Crippen LogP) is 1.73. The summed E-state index contributed by atoms with van der Waals surface area (Å²) in [6.45, 7) is 5.34. The van der Waals surface area contributed by atoms with Gasteiger partial charge in [-0.2, -0.15) is 5.10 Å². The van der Waals surface area contributed by atoms with Gasteiger partial charge in [-0.1, -0.05) is 0 Å². The van der Waals surface area contributed by atoms with Gasteiger partial charge in [-0.15, -0.1) is 0 Å². The highest BCUT2D eigenvalue weighted by Gasteiger charge is 2.21. The first-order valence-corrected chi connectivity index (χ1v) is 10.9. The van der Waals surface area contributed by atoms with Crippen LogP contribution in [0.15, 0.2) is 30.7 Å². The molecule has 1 fully saturated rings. The number of rotatable bonds is 4. The summed E-state index contributed by atoms with van der Waals surface area (Å²) in [4.78, 5) is 23.9. The van der Waals surface area contributed by atoms with Gasteiger partial charge in [0.05, 0.1) is 36.3 Å². The van der Waals surface area contributed by atoms with Gasteiger partial charge in [0, 0.05) is 31.5 Å². The normalized spacial score (nSPS) is 18.5.